The second kappa shape index (κ2) is 6.35. The minimum atomic E-state index is -0.837. The SMILES string of the molecule is CCC(O)(CC)CNC(=O)Nc1ncccc1C. The zero-order chi connectivity index (χ0) is 13.6. The summed E-state index contributed by atoms with van der Waals surface area (Å²) in [6.07, 6.45) is 2.83. The number of nitrogens with one attached hydrogen (secondary N) is 2. The van der Waals surface area contributed by atoms with Crippen molar-refractivity contribution in [2.45, 2.75) is 39.2 Å². The van der Waals surface area contributed by atoms with E-state index in [1.165, 1.54) is 0 Å². The van der Waals surface area contributed by atoms with Gasteiger partial charge in [-0.2, -0.15) is 0 Å². The molecule has 0 unspecified atom stereocenters. The van der Waals surface area contributed by atoms with E-state index in [0.717, 1.165) is 5.56 Å². The first-order chi connectivity index (χ1) is 8.50. The van der Waals surface area contributed by atoms with Crippen molar-refractivity contribution in [1.82, 2.24) is 10.3 Å². The van der Waals surface area contributed by atoms with Gasteiger partial charge in [0, 0.05) is 12.7 Å². The molecule has 0 aliphatic carbocycles. The zero-order valence-electron chi connectivity index (χ0n) is 11.2. The van der Waals surface area contributed by atoms with Crippen molar-refractivity contribution in [2.24, 2.45) is 0 Å². The third-order valence-corrected chi connectivity index (χ3v) is 3.14. The predicted molar refractivity (Wildman–Crippen MR) is 71.5 cm³/mol. The molecule has 0 spiro atoms. The number of amides is 2. The summed E-state index contributed by atoms with van der Waals surface area (Å²) in [7, 11) is 0. The van der Waals surface area contributed by atoms with Crippen LogP contribution in [-0.4, -0.2) is 28.3 Å². The van der Waals surface area contributed by atoms with Crippen molar-refractivity contribution in [3.8, 4) is 0 Å². The number of urea groups is 1. The lowest BCUT2D eigenvalue weighted by Crippen LogP contribution is -2.43. The number of nitrogens with zero attached hydrogens (tertiary/aromatic N) is 1. The molecule has 5 nitrogen and oxygen atoms in total. The van der Waals surface area contributed by atoms with E-state index < -0.39 is 5.60 Å². The molecule has 0 saturated heterocycles. The average molecular weight is 251 g/mol. The molecular formula is C13H21N3O2. The summed E-state index contributed by atoms with van der Waals surface area (Å²) in [6, 6.07) is 3.33. The van der Waals surface area contributed by atoms with Gasteiger partial charge in [0.2, 0.25) is 0 Å². The lowest BCUT2D eigenvalue weighted by atomic mass is 9.98. The summed E-state index contributed by atoms with van der Waals surface area (Å²) in [6.45, 7) is 5.90. The number of aliphatic hydroxyl groups is 1. The van der Waals surface area contributed by atoms with E-state index in [1.54, 1.807) is 6.20 Å². The van der Waals surface area contributed by atoms with Crippen LogP contribution in [0.4, 0.5) is 10.6 Å². The van der Waals surface area contributed by atoms with E-state index in [0.29, 0.717) is 18.7 Å². The van der Waals surface area contributed by atoms with Crippen LogP contribution in [0.2, 0.25) is 0 Å². The molecule has 2 amide bonds. The number of hydrogen-bond acceptors (Lipinski definition) is 3. The summed E-state index contributed by atoms with van der Waals surface area (Å²) in [5, 5.41) is 15.4. The molecule has 1 heterocycles. The summed E-state index contributed by atoms with van der Waals surface area (Å²) in [5.41, 5.74) is 0.0603. The Bertz CT molecular complexity index is 403. The largest absolute Gasteiger partial charge is 0.388 e. The van der Waals surface area contributed by atoms with Gasteiger partial charge in [0.1, 0.15) is 5.82 Å². The van der Waals surface area contributed by atoms with E-state index in [-0.39, 0.29) is 12.6 Å². The molecule has 5 heteroatoms. The Labute approximate surface area is 108 Å². The maximum atomic E-state index is 11.7. The standard InChI is InChI=1S/C13H21N3O2/c1-4-13(18,5-2)9-15-12(17)16-11-10(3)7-6-8-14-11/h6-8,18H,4-5,9H2,1-3H3,(H2,14,15,16,17). The first-order valence-corrected chi connectivity index (χ1v) is 6.19. The van der Waals surface area contributed by atoms with Crippen LogP contribution >= 0.6 is 0 Å². The first kappa shape index (κ1) is 14.4. The Morgan fingerprint density at radius 3 is 2.67 bits per heavy atom. The highest BCUT2D eigenvalue weighted by Crippen LogP contribution is 2.13. The van der Waals surface area contributed by atoms with Crippen molar-refractivity contribution < 1.29 is 9.90 Å². The highest BCUT2D eigenvalue weighted by Gasteiger charge is 2.22. The van der Waals surface area contributed by atoms with Crippen LogP contribution in [0.25, 0.3) is 0 Å². The number of carbonyl (C=O) groups is 1. The van der Waals surface area contributed by atoms with E-state index in [9.17, 15) is 9.90 Å². The number of anilines is 1. The fourth-order valence-electron chi connectivity index (χ4n) is 1.51. The second-order valence-corrected chi connectivity index (χ2v) is 4.41. The van der Waals surface area contributed by atoms with Crippen molar-refractivity contribution in [2.75, 3.05) is 11.9 Å². The quantitative estimate of drug-likeness (QED) is 0.750. The van der Waals surface area contributed by atoms with E-state index >= 15 is 0 Å². The van der Waals surface area contributed by atoms with Crippen molar-refractivity contribution in [3.63, 3.8) is 0 Å². The molecule has 0 bridgehead atoms. The number of pyridine rings is 1. The molecule has 1 aromatic heterocycles. The topological polar surface area (TPSA) is 74.2 Å². The predicted octanol–water partition coefficient (Wildman–Crippen LogP) is 2.06. The number of hydrogen-bond donors (Lipinski definition) is 3. The molecule has 0 radical (unpaired) electrons. The van der Waals surface area contributed by atoms with Gasteiger partial charge < -0.3 is 10.4 Å². The van der Waals surface area contributed by atoms with Gasteiger partial charge in [0.25, 0.3) is 0 Å². The number of aryl methyl sites for hydroxylation is 1. The van der Waals surface area contributed by atoms with E-state index in [2.05, 4.69) is 15.6 Å². The monoisotopic (exact) mass is 251 g/mol. The smallest absolute Gasteiger partial charge is 0.320 e. The highest BCUT2D eigenvalue weighted by molar-refractivity contribution is 5.88. The third-order valence-electron chi connectivity index (χ3n) is 3.14. The van der Waals surface area contributed by atoms with Crippen molar-refractivity contribution >= 4 is 11.8 Å². The Morgan fingerprint density at radius 1 is 1.44 bits per heavy atom. The molecule has 1 aromatic rings. The number of carbonyl (C=O) groups excluding carboxylic acids is 1. The summed E-state index contributed by atoms with van der Waals surface area (Å²) >= 11 is 0. The van der Waals surface area contributed by atoms with Crippen LogP contribution in [0.5, 0.6) is 0 Å². The van der Waals surface area contributed by atoms with Gasteiger partial charge in [-0.3, -0.25) is 5.32 Å². The molecule has 18 heavy (non-hydrogen) atoms. The van der Waals surface area contributed by atoms with Crippen LogP contribution in [-0.2, 0) is 0 Å². The van der Waals surface area contributed by atoms with Crippen LogP contribution in [0, 0.1) is 6.92 Å². The van der Waals surface area contributed by atoms with Crippen molar-refractivity contribution in [1.29, 1.82) is 0 Å². The zero-order valence-corrected chi connectivity index (χ0v) is 11.2. The molecule has 0 aliphatic heterocycles. The second-order valence-electron chi connectivity index (χ2n) is 4.41. The molecule has 0 atom stereocenters. The van der Waals surface area contributed by atoms with Gasteiger partial charge in [-0.15, -0.1) is 0 Å². The number of aromatic nitrogens is 1. The van der Waals surface area contributed by atoms with Gasteiger partial charge in [0.05, 0.1) is 5.60 Å². The first-order valence-electron chi connectivity index (χ1n) is 6.19. The maximum Gasteiger partial charge on any atom is 0.320 e. The van der Waals surface area contributed by atoms with Gasteiger partial charge in [-0.25, -0.2) is 9.78 Å². The molecule has 0 fully saturated rings. The minimum Gasteiger partial charge on any atom is -0.388 e. The lowest BCUT2D eigenvalue weighted by molar-refractivity contribution is 0.0354. The molecule has 3 N–H and O–H groups in total. The highest BCUT2D eigenvalue weighted by atomic mass is 16.3. The fraction of sp³-hybridized carbons (Fsp3) is 0.538. The molecule has 1 rings (SSSR count). The van der Waals surface area contributed by atoms with Gasteiger partial charge in [0.15, 0.2) is 0 Å². The minimum absolute atomic E-state index is 0.234. The van der Waals surface area contributed by atoms with Gasteiger partial charge in [-0.1, -0.05) is 19.9 Å². The Kier molecular flexibility index (Phi) is 5.09. The van der Waals surface area contributed by atoms with Gasteiger partial charge in [-0.05, 0) is 31.4 Å². The van der Waals surface area contributed by atoms with Crippen LogP contribution < -0.4 is 10.6 Å². The molecule has 0 aliphatic rings. The third kappa shape index (κ3) is 4.00. The Hall–Kier alpha value is -1.62. The average Bonchev–Trinajstić information content (AvgIpc) is 2.39. The summed E-state index contributed by atoms with van der Waals surface area (Å²) < 4.78 is 0. The Morgan fingerprint density at radius 2 is 2.11 bits per heavy atom. The molecular weight excluding hydrogens is 230 g/mol. The maximum absolute atomic E-state index is 11.7. The van der Waals surface area contributed by atoms with Crippen LogP contribution in [0.15, 0.2) is 18.3 Å². The molecule has 100 valence electrons. The van der Waals surface area contributed by atoms with E-state index in [4.69, 9.17) is 0 Å². The Balaban J connectivity index is 2.50. The van der Waals surface area contributed by atoms with Crippen LogP contribution in [0.3, 0.4) is 0 Å². The molecule has 0 saturated carbocycles. The lowest BCUT2D eigenvalue weighted by Gasteiger charge is -2.25. The normalized spacial score (nSPS) is 11.1. The van der Waals surface area contributed by atoms with Gasteiger partial charge >= 0.3 is 6.03 Å². The van der Waals surface area contributed by atoms with E-state index in [1.807, 2.05) is 32.9 Å². The molecule has 0 aromatic carbocycles. The fourth-order valence-corrected chi connectivity index (χ4v) is 1.51. The number of rotatable bonds is 5. The summed E-state index contributed by atoms with van der Waals surface area (Å²) in [4.78, 5) is 15.7. The summed E-state index contributed by atoms with van der Waals surface area (Å²) in [5.74, 6) is 0.534. The van der Waals surface area contributed by atoms with Crippen molar-refractivity contribution in [3.05, 3.63) is 23.9 Å². The van der Waals surface area contributed by atoms with Crippen LogP contribution in [0.1, 0.15) is 32.3 Å².